The van der Waals surface area contributed by atoms with Crippen molar-refractivity contribution in [3.05, 3.63) is 35.9 Å². The van der Waals surface area contributed by atoms with Gasteiger partial charge in [-0.25, -0.2) is 5.01 Å². The second kappa shape index (κ2) is 5.16. The van der Waals surface area contributed by atoms with Crippen LogP contribution in [-0.2, 0) is 4.79 Å². The second-order valence-electron chi connectivity index (χ2n) is 5.56. The standard InChI is InChI=1S/C16H20N2O/c1-12-15(13-8-4-2-5-9-13)16(19)18(17-12)14-10-6-3-7-11-14/h2,4-5,8-9,14-15H,3,6-7,10-11H2,1H3. The van der Waals surface area contributed by atoms with Crippen LogP contribution in [0.1, 0.15) is 50.5 Å². The molecule has 1 saturated carbocycles. The van der Waals surface area contributed by atoms with Crippen molar-refractivity contribution >= 4 is 11.6 Å². The van der Waals surface area contributed by atoms with Crippen LogP contribution in [0.15, 0.2) is 35.4 Å². The first-order chi connectivity index (χ1) is 9.27. The zero-order chi connectivity index (χ0) is 13.2. The fourth-order valence-corrected chi connectivity index (χ4v) is 3.20. The normalized spacial score (nSPS) is 24.7. The van der Waals surface area contributed by atoms with Gasteiger partial charge < -0.3 is 0 Å². The highest BCUT2D eigenvalue weighted by Crippen LogP contribution is 2.32. The van der Waals surface area contributed by atoms with Crippen LogP contribution in [0.2, 0.25) is 0 Å². The van der Waals surface area contributed by atoms with Gasteiger partial charge >= 0.3 is 0 Å². The molecule has 2 aliphatic rings. The van der Waals surface area contributed by atoms with Crippen LogP contribution in [0, 0.1) is 0 Å². The van der Waals surface area contributed by atoms with E-state index in [0.717, 1.165) is 24.1 Å². The number of hydrogen-bond donors (Lipinski definition) is 0. The van der Waals surface area contributed by atoms with E-state index in [0.29, 0.717) is 6.04 Å². The molecule has 0 radical (unpaired) electrons. The van der Waals surface area contributed by atoms with Gasteiger partial charge in [0.2, 0.25) is 0 Å². The van der Waals surface area contributed by atoms with Crippen molar-refractivity contribution in [3.63, 3.8) is 0 Å². The predicted molar refractivity (Wildman–Crippen MR) is 76.0 cm³/mol. The van der Waals surface area contributed by atoms with Gasteiger partial charge in [0.05, 0.1) is 11.8 Å². The van der Waals surface area contributed by atoms with Crippen molar-refractivity contribution in [1.82, 2.24) is 5.01 Å². The molecule has 1 aliphatic heterocycles. The minimum absolute atomic E-state index is 0.163. The van der Waals surface area contributed by atoms with Crippen molar-refractivity contribution in [2.24, 2.45) is 5.10 Å². The first-order valence-electron chi connectivity index (χ1n) is 7.20. The van der Waals surface area contributed by atoms with E-state index in [1.165, 1.54) is 19.3 Å². The van der Waals surface area contributed by atoms with Crippen molar-refractivity contribution in [3.8, 4) is 0 Å². The van der Waals surface area contributed by atoms with E-state index in [4.69, 9.17) is 0 Å². The first kappa shape index (κ1) is 12.4. The van der Waals surface area contributed by atoms with Crippen molar-refractivity contribution in [2.45, 2.75) is 51.0 Å². The lowest BCUT2D eigenvalue weighted by atomic mass is 9.92. The molecule has 1 aromatic carbocycles. The highest BCUT2D eigenvalue weighted by Gasteiger charge is 2.38. The Labute approximate surface area is 114 Å². The Kier molecular flexibility index (Phi) is 3.36. The molecule has 0 saturated heterocycles. The molecule has 1 atom stereocenters. The smallest absolute Gasteiger partial charge is 0.256 e. The SMILES string of the molecule is CC1=NN(C2CCCCC2)C(=O)C1c1ccccc1. The molecule has 1 aromatic rings. The summed E-state index contributed by atoms with van der Waals surface area (Å²) in [5.74, 6) is -0.00118. The van der Waals surface area contributed by atoms with E-state index in [1.807, 2.05) is 37.3 Å². The lowest BCUT2D eigenvalue weighted by Crippen LogP contribution is -2.36. The van der Waals surface area contributed by atoms with Gasteiger partial charge in [0.25, 0.3) is 5.91 Å². The number of amides is 1. The van der Waals surface area contributed by atoms with Crippen LogP contribution >= 0.6 is 0 Å². The Balaban J connectivity index is 1.83. The summed E-state index contributed by atoms with van der Waals surface area (Å²) >= 11 is 0. The molecule has 3 rings (SSSR count). The van der Waals surface area contributed by atoms with Gasteiger partial charge in [0.15, 0.2) is 0 Å². The Bertz CT molecular complexity index is 489. The molecular weight excluding hydrogens is 236 g/mol. The monoisotopic (exact) mass is 256 g/mol. The summed E-state index contributed by atoms with van der Waals surface area (Å²) in [4.78, 5) is 12.6. The van der Waals surface area contributed by atoms with E-state index in [2.05, 4.69) is 5.10 Å². The first-order valence-corrected chi connectivity index (χ1v) is 7.20. The average molecular weight is 256 g/mol. The van der Waals surface area contributed by atoms with Gasteiger partial charge in [-0.15, -0.1) is 0 Å². The number of hydrazone groups is 1. The van der Waals surface area contributed by atoms with Crippen LogP contribution in [0.25, 0.3) is 0 Å². The zero-order valence-corrected chi connectivity index (χ0v) is 11.4. The number of benzene rings is 1. The molecule has 1 heterocycles. The van der Waals surface area contributed by atoms with Crippen LogP contribution < -0.4 is 0 Å². The number of rotatable bonds is 2. The van der Waals surface area contributed by atoms with Gasteiger partial charge in [-0.3, -0.25) is 4.79 Å². The lowest BCUT2D eigenvalue weighted by Gasteiger charge is -2.28. The van der Waals surface area contributed by atoms with Crippen molar-refractivity contribution in [2.75, 3.05) is 0 Å². The number of carbonyl (C=O) groups is 1. The summed E-state index contributed by atoms with van der Waals surface area (Å²) in [5, 5.41) is 6.32. The number of hydrogen-bond acceptors (Lipinski definition) is 2. The molecule has 0 aromatic heterocycles. The second-order valence-corrected chi connectivity index (χ2v) is 5.56. The summed E-state index contributed by atoms with van der Waals surface area (Å²) in [7, 11) is 0. The summed E-state index contributed by atoms with van der Waals surface area (Å²) in [5.41, 5.74) is 1.99. The van der Waals surface area contributed by atoms with Gasteiger partial charge in [-0.05, 0) is 25.3 Å². The van der Waals surface area contributed by atoms with Crippen molar-refractivity contribution in [1.29, 1.82) is 0 Å². The van der Waals surface area contributed by atoms with Crippen LogP contribution in [0.3, 0.4) is 0 Å². The molecule has 1 fully saturated rings. The average Bonchev–Trinajstić information content (AvgIpc) is 2.76. The van der Waals surface area contributed by atoms with Crippen LogP contribution in [0.4, 0.5) is 0 Å². The molecule has 0 N–H and O–H groups in total. The quantitative estimate of drug-likeness (QED) is 0.799. The molecule has 100 valence electrons. The third-order valence-electron chi connectivity index (χ3n) is 4.21. The van der Waals surface area contributed by atoms with E-state index < -0.39 is 0 Å². The van der Waals surface area contributed by atoms with Gasteiger partial charge in [0, 0.05) is 0 Å². The van der Waals surface area contributed by atoms with E-state index >= 15 is 0 Å². The Morgan fingerprint density at radius 1 is 1.11 bits per heavy atom. The van der Waals surface area contributed by atoms with Gasteiger partial charge in [-0.1, -0.05) is 49.6 Å². The highest BCUT2D eigenvalue weighted by atomic mass is 16.2. The van der Waals surface area contributed by atoms with E-state index in [9.17, 15) is 4.79 Å². The molecule has 0 spiro atoms. The van der Waals surface area contributed by atoms with Gasteiger partial charge in [0.1, 0.15) is 5.92 Å². The summed E-state index contributed by atoms with van der Waals surface area (Å²) in [6, 6.07) is 10.3. The Morgan fingerprint density at radius 2 is 1.79 bits per heavy atom. The highest BCUT2D eigenvalue weighted by molar-refractivity contribution is 6.11. The molecule has 1 unspecified atom stereocenters. The largest absolute Gasteiger partial charge is 0.272 e. The fourth-order valence-electron chi connectivity index (χ4n) is 3.20. The number of carbonyl (C=O) groups excluding carboxylic acids is 1. The molecule has 3 heteroatoms. The third-order valence-corrected chi connectivity index (χ3v) is 4.21. The maximum Gasteiger partial charge on any atom is 0.256 e. The maximum atomic E-state index is 12.6. The van der Waals surface area contributed by atoms with Crippen LogP contribution in [-0.4, -0.2) is 22.7 Å². The van der Waals surface area contributed by atoms with Crippen LogP contribution in [0.5, 0.6) is 0 Å². The number of nitrogens with zero attached hydrogens (tertiary/aromatic N) is 2. The lowest BCUT2D eigenvalue weighted by molar-refractivity contribution is -0.132. The molecule has 3 nitrogen and oxygen atoms in total. The van der Waals surface area contributed by atoms with E-state index in [-0.39, 0.29) is 11.8 Å². The summed E-state index contributed by atoms with van der Waals surface area (Å²) < 4.78 is 0. The third kappa shape index (κ3) is 2.29. The fraction of sp³-hybridized carbons (Fsp3) is 0.500. The molecular formula is C16H20N2O. The molecule has 0 bridgehead atoms. The summed E-state index contributed by atoms with van der Waals surface area (Å²) in [6.07, 6.45) is 5.94. The predicted octanol–water partition coefficient (Wildman–Crippen LogP) is 3.32. The summed E-state index contributed by atoms with van der Waals surface area (Å²) in [6.45, 7) is 1.97. The Hall–Kier alpha value is -1.64. The minimum Gasteiger partial charge on any atom is -0.272 e. The molecule has 1 amide bonds. The molecule has 19 heavy (non-hydrogen) atoms. The van der Waals surface area contributed by atoms with E-state index in [1.54, 1.807) is 5.01 Å². The zero-order valence-electron chi connectivity index (χ0n) is 11.4. The minimum atomic E-state index is -0.164. The molecule has 1 aliphatic carbocycles. The Morgan fingerprint density at radius 3 is 2.47 bits per heavy atom. The van der Waals surface area contributed by atoms with Gasteiger partial charge in [-0.2, -0.15) is 5.10 Å². The topological polar surface area (TPSA) is 32.7 Å². The van der Waals surface area contributed by atoms with Crippen molar-refractivity contribution < 1.29 is 4.79 Å². The maximum absolute atomic E-state index is 12.6.